The van der Waals surface area contributed by atoms with Gasteiger partial charge < -0.3 is 15.0 Å². The van der Waals surface area contributed by atoms with E-state index >= 15 is 0 Å². The van der Waals surface area contributed by atoms with Crippen LogP contribution in [0.25, 0.3) is 0 Å². The van der Waals surface area contributed by atoms with E-state index in [0.29, 0.717) is 43.4 Å². The van der Waals surface area contributed by atoms with Crippen LogP contribution in [0.1, 0.15) is 16.8 Å². The minimum absolute atomic E-state index is 0.124. The van der Waals surface area contributed by atoms with E-state index < -0.39 is 17.6 Å². The molecule has 0 spiro atoms. The molecule has 0 amide bonds. The van der Waals surface area contributed by atoms with Crippen molar-refractivity contribution >= 4 is 29.4 Å². The molecule has 0 saturated carbocycles. The first-order chi connectivity index (χ1) is 16.3. The van der Waals surface area contributed by atoms with E-state index in [0.717, 1.165) is 23.9 Å². The largest absolute Gasteiger partial charge is 0.416 e. The van der Waals surface area contributed by atoms with Crippen molar-refractivity contribution in [3.8, 4) is 0 Å². The van der Waals surface area contributed by atoms with Gasteiger partial charge >= 0.3 is 6.18 Å². The lowest BCUT2D eigenvalue weighted by Crippen LogP contribution is -2.37. The van der Waals surface area contributed by atoms with Gasteiger partial charge in [-0.3, -0.25) is 4.98 Å². The zero-order valence-corrected chi connectivity index (χ0v) is 18.1. The second-order valence-corrected chi connectivity index (χ2v) is 7.46. The van der Waals surface area contributed by atoms with E-state index in [1.165, 1.54) is 18.5 Å². The van der Waals surface area contributed by atoms with Crippen LogP contribution in [0.4, 0.5) is 40.7 Å². The fourth-order valence-corrected chi connectivity index (χ4v) is 3.27. The van der Waals surface area contributed by atoms with E-state index in [1.807, 2.05) is 0 Å². The maximum absolute atomic E-state index is 14.1. The van der Waals surface area contributed by atoms with Gasteiger partial charge in [-0.1, -0.05) is 6.07 Å². The number of aryl methyl sites for hydroxylation is 1. The first-order valence-electron chi connectivity index (χ1n) is 10.3. The molecule has 12 heteroatoms. The standard InChI is InChI=1S/C22H21F4N7O/c1-14-9-17(27-13-19(14)30-16-4-2-3-15(10-16)22(24,25)26)11-29-32-21-28-12-18(23)20(31-21)33-5-7-34-8-6-33/h2-4,9-13,30H,5-8H2,1H3,(H,28,31,32)/b29-11-. The predicted octanol–water partition coefficient (Wildman–Crippen LogP) is 4.36. The SMILES string of the molecule is Cc1cc(/C=N\Nc2ncc(F)c(N3CCOCC3)n2)ncc1Nc1cccc(C(F)(F)F)c1. The fourth-order valence-electron chi connectivity index (χ4n) is 3.27. The zero-order valence-electron chi connectivity index (χ0n) is 18.1. The molecule has 3 aromatic rings. The summed E-state index contributed by atoms with van der Waals surface area (Å²) in [6.45, 7) is 3.84. The molecule has 178 valence electrons. The number of alkyl halides is 3. The number of aromatic nitrogens is 3. The Morgan fingerprint density at radius 3 is 2.65 bits per heavy atom. The average Bonchev–Trinajstić information content (AvgIpc) is 2.82. The Labute approximate surface area is 192 Å². The van der Waals surface area contributed by atoms with Gasteiger partial charge in [0.1, 0.15) is 0 Å². The summed E-state index contributed by atoms with van der Waals surface area (Å²) in [7, 11) is 0. The Morgan fingerprint density at radius 1 is 1.12 bits per heavy atom. The van der Waals surface area contributed by atoms with Gasteiger partial charge in [0.15, 0.2) is 11.6 Å². The number of hydrazone groups is 1. The zero-order chi connectivity index (χ0) is 24.1. The number of halogens is 4. The van der Waals surface area contributed by atoms with E-state index in [2.05, 4.69) is 30.8 Å². The lowest BCUT2D eigenvalue weighted by molar-refractivity contribution is -0.137. The van der Waals surface area contributed by atoms with Gasteiger partial charge in [0.05, 0.1) is 48.8 Å². The van der Waals surface area contributed by atoms with Crippen molar-refractivity contribution in [3.63, 3.8) is 0 Å². The van der Waals surface area contributed by atoms with Crippen LogP contribution in [-0.4, -0.2) is 47.5 Å². The highest BCUT2D eigenvalue weighted by Gasteiger charge is 2.30. The maximum atomic E-state index is 14.1. The fraction of sp³-hybridized carbons (Fsp3) is 0.273. The van der Waals surface area contributed by atoms with Crippen molar-refractivity contribution in [2.45, 2.75) is 13.1 Å². The highest BCUT2D eigenvalue weighted by atomic mass is 19.4. The molecule has 1 aliphatic rings. The predicted molar refractivity (Wildman–Crippen MR) is 120 cm³/mol. The minimum atomic E-state index is -4.42. The molecule has 0 unspecified atom stereocenters. The summed E-state index contributed by atoms with van der Waals surface area (Å²) in [6.07, 6.45) is -0.411. The number of anilines is 4. The van der Waals surface area contributed by atoms with E-state index in [1.54, 1.807) is 24.0 Å². The van der Waals surface area contributed by atoms with Gasteiger partial charge in [-0.15, -0.1) is 0 Å². The van der Waals surface area contributed by atoms with Crippen LogP contribution >= 0.6 is 0 Å². The lowest BCUT2D eigenvalue weighted by Gasteiger charge is -2.27. The molecule has 1 aliphatic heterocycles. The van der Waals surface area contributed by atoms with Gasteiger partial charge in [0.2, 0.25) is 5.95 Å². The summed E-state index contributed by atoms with van der Waals surface area (Å²) in [4.78, 5) is 14.1. The highest BCUT2D eigenvalue weighted by molar-refractivity contribution is 5.79. The third kappa shape index (κ3) is 5.76. The van der Waals surface area contributed by atoms with Crippen LogP contribution in [0, 0.1) is 12.7 Å². The van der Waals surface area contributed by atoms with Crippen molar-refractivity contribution in [1.82, 2.24) is 15.0 Å². The normalized spacial score (nSPS) is 14.4. The molecule has 4 rings (SSSR count). The molecule has 2 aromatic heterocycles. The van der Waals surface area contributed by atoms with Crippen LogP contribution < -0.4 is 15.6 Å². The van der Waals surface area contributed by atoms with E-state index in [9.17, 15) is 17.6 Å². The number of rotatable bonds is 6. The van der Waals surface area contributed by atoms with Crippen LogP contribution in [-0.2, 0) is 10.9 Å². The first kappa shape index (κ1) is 23.4. The third-order valence-corrected chi connectivity index (χ3v) is 5.00. The summed E-state index contributed by atoms with van der Waals surface area (Å²) < 4.78 is 58.1. The van der Waals surface area contributed by atoms with Crippen molar-refractivity contribution in [2.75, 3.05) is 41.9 Å². The van der Waals surface area contributed by atoms with Crippen molar-refractivity contribution in [1.29, 1.82) is 0 Å². The van der Waals surface area contributed by atoms with Gasteiger partial charge in [-0.2, -0.15) is 23.3 Å². The van der Waals surface area contributed by atoms with Crippen LogP contribution in [0.15, 0.2) is 47.8 Å². The molecule has 0 radical (unpaired) electrons. The average molecular weight is 475 g/mol. The number of benzene rings is 1. The van der Waals surface area contributed by atoms with Gasteiger partial charge in [-0.05, 0) is 36.8 Å². The first-order valence-corrected chi connectivity index (χ1v) is 10.3. The molecule has 0 bridgehead atoms. The molecule has 8 nitrogen and oxygen atoms in total. The Balaban J connectivity index is 1.41. The Bertz CT molecular complexity index is 1180. The Hall–Kier alpha value is -3.80. The smallest absolute Gasteiger partial charge is 0.378 e. The van der Waals surface area contributed by atoms with E-state index in [-0.39, 0.29) is 11.8 Å². The number of morpholine rings is 1. The number of hydrogen-bond donors (Lipinski definition) is 2. The van der Waals surface area contributed by atoms with Crippen LogP contribution in [0.5, 0.6) is 0 Å². The molecule has 0 aliphatic carbocycles. The molecule has 3 heterocycles. The summed E-state index contributed by atoms with van der Waals surface area (Å²) in [6, 6.07) is 6.64. The number of nitrogens with one attached hydrogen (secondary N) is 2. The second kappa shape index (κ2) is 10.00. The quantitative estimate of drug-likeness (QED) is 0.311. The summed E-state index contributed by atoms with van der Waals surface area (Å²) >= 11 is 0. The van der Waals surface area contributed by atoms with Crippen LogP contribution in [0.2, 0.25) is 0 Å². The highest BCUT2D eigenvalue weighted by Crippen LogP contribution is 2.31. The summed E-state index contributed by atoms with van der Waals surface area (Å²) in [5, 5.41) is 6.99. The number of ether oxygens (including phenoxy) is 1. The summed E-state index contributed by atoms with van der Waals surface area (Å²) in [5.41, 5.74) is 4.02. The molecular weight excluding hydrogens is 454 g/mol. The van der Waals surface area contributed by atoms with E-state index in [4.69, 9.17) is 4.74 Å². The second-order valence-electron chi connectivity index (χ2n) is 7.46. The number of pyridine rings is 1. The van der Waals surface area contributed by atoms with Crippen molar-refractivity contribution in [2.24, 2.45) is 5.10 Å². The molecule has 1 saturated heterocycles. The molecule has 34 heavy (non-hydrogen) atoms. The monoisotopic (exact) mass is 475 g/mol. The topological polar surface area (TPSA) is 87.6 Å². The van der Waals surface area contributed by atoms with Crippen molar-refractivity contribution < 1.29 is 22.3 Å². The maximum Gasteiger partial charge on any atom is 0.416 e. The minimum Gasteiger partial charge on any atom is -0.378 e. The molecule has 0 atom stereocenters. The third-order valence-electron chi connectivity index (χ3n) is 5.00. The molecule has 1 aromatic carbocycles. The Morgan fingerprint density at radius 2 is 1.91 bits per heavy atom. The Kier molecular flexibility index (Phi) is 6.87. The molecular formula is C22H21F4N7O. The van der Waals surface area contributed by atoms with Crippen molar-refractivity contribution in [3.05, 3.63) is 65.4 Å². The van der Waals surface area contributed by atoms with Gasteiger partial charge in [0, 0.05) is 18.8 Å². The molecule has 2 N–H and O–H groups in total. The lowest BCUT2D eigenvalue weighted by atomic mass is 10.1. The summed E-state index contributed by atoms with van der Waals surface area (Å²) in [5.74, 6) is -0.230. The van der Waals surface area contributed by atoms with Gasteiger partial charge in [-0.25, -0.2) is 14.8 Å². The number of hydrogen-bond acceptors (Lipinski definition) is 8. The van der Waals surface area contributed by atoms with Gasteiger partial charge in [0.25, 0.3) is 0 Å². The van der Waals surface area contributed by atoms with Crippen LogP contribution in [0.3, 0.4) is 0 Å². The molecule has 1 fully saturated rings. The number of nitrogens with zero attached hydrogens (tertiary/aromatic N) is 5.